The Morgan fingerprint density at radius 1 is 1.22 bits per heavy atom. The molecule has 0 bridgehead atoms. The molecule has 0 saturated carbocycles. The molecular formula is C13H14F4O. The Hall–Kier alpha value is -1.39. The number of carbonyl (C=O) groups excluding carboxylic acids is 1. The number of carbonyl (C=O) groups is 1. The van der Waals surface area contributed by atoms with Crippen LogP contribution in [0.4, 0.5) is 17.6 Å². The SMILES string of the molecule is CCCCCC(=O)c1cccc(C(F)(F)F)c1F. The molecule has 0 fully saturated rings. The van der Waals surface area contributed by atoms with E-state index >= 15 is 0 Å². The van der Waals surface area contributed by atoms with Gasteiger partial charge in [0.05, 0.1) is 11.1 Å². The van der Waals surface area contributed by atoms with Gasteiger partial charge in [0.2, 0.25) is 0 Å². The van der Waals surface area contributed by atoms with Crippen LogP contribution in [0.25, 0.3) is 0 Å². The van der Waals surface area contributed by atoms with Gasteiger partial charge >= 0.3 is 6.18 Å². The van der Waals surface area contributed by atoms with Crippen LogP contribution in [-0.4, -0.2) is 5.78 Å². The molecule has 1 aromatic carbocycles. The summed E-state index contributed by atoms with van der Waals surface area (Å²) in [6.07, 6.45) is -2.45. The van der Waals surface area contributed by atoms with Crippen LogP contribution >= 0.6 is 0 Å². The van der Waals surface area contributed by atoms with E-state index < -0.39 is 28.9 Å². The van der Waals surface area contributed by atoms with Gasteiger partial charge in [0, 0.05) is 6.42 Å². The lowest BCUT2D eigenvalue weighted by Crippen LogP contribution is -2.12. The number of rotatable bonds is 5. The van der Waals surface area contributed by atoms with E-state index in [-0.39, 0.29) is 6.42 Å². The number of hydrogen-bond donors (Lipinski definition) is 0. The van der Waals surface area contributed by atoms with Crippen molar-refractivity contribution in [2.24, 2.45) is 0 Å². The maximum atomic E-state index is 13.6. The van der Waals surface area contributed by atoms with Crippen molar-refractivity contribution in [3.63, 3.8) is 0 Å². The average molecular weight is 262 g/mol. The lowest BCUT2D eigenvalue weighted by molar-refractivity contribution is -0.140. The first-order valence-electron chi connectivity index (χ1n) is 5.76. The highest BCUT2D eigenvalue weighted by Gasteiger charge is 2.35. The van der Waals surface area contributed by atoms with Crippen molar-refractivity contribution >= 4 is 5.78 Å². The third-order valence-corrected chi connectivity index (χ3v) is 2.61. The van der Waals surface area contributed by atoms with Gasteiger partial charge in [-0.25, -0.2) is 4.39 Å². The highest BCUT2D eigenvalue weighted by molar-refractivity contribution is 5.96. The molecule has 0 saturated heterocycles. The van der Waals surface area contributed by atoms with Gasteiger partial charge in [-0.15, -0.1) is 0 Å². The Morgan fingerprint density at radius 2 is 1.89 bits per heavy atom. The zero-order valence-electron chi connectivity index (χ0n) is 9.98. The third kappa shape index (κ3) is 3.55. The monoisotopic (exact) mass is 262 g/mol. The van der Waals surface area contributed by atoms with E-state index in [2.05, 4.69) is 0 Å². The average Bonchev–Trinajstić information content (AvgIpc) is 2.28. The molecule has 0 N–H and O–H groups in total. The van der Waals surface area contributed by atoms with Gasteiger partial charge in [-0.3, -0.25) is 4.79 Å². The molecule has 0 heterocycles. The minimum absolute atomic E-state index is 0.0755. The van der Waals surface area contributed by atoms with Gasteiger partial charge in [-0.2, -0.15) is 13.2 Å². The van der Waals surface area contributed by atoms with Crippen molar-refractivity contribution in [3.05, 3.63) is 35.1 Å². The lowest BCUT2D eigenvalue weighted by atomic mass is 10.0. The van der Waals surface area contributed by atoms with Crippen LogP contribution in [0.5, 0.6) is 0 Å². The smallest absolute Gasteiger partial charge is 0.294 e. The third-order valence-electron chi connectivity index (χ3n) is 2.61. The molecular weight excluding hydrogens is 248 g/mol. The molecule has 0 aliphatic heterocycles. The molecule has 100 valence electrons. The van der Waals surface area contributed by atoms with Crippen molar-refractivity contribution in [1.29, 1.82) is 0 Å². The molecule has 0 unspecified atom stereocenters. The fourth-order valence-corrected chi connectivity index (χ4v) is 1.64. The summed E-state index contributed by atoms with van der Waals surface area (Å²) in [6, 6.07) is 2.79. The molecule has 0 radical (unpaired) electrons. The molecule has 1 aromatic rings. The van der Waals surface area contributed by atoms with E-state index in [1.54, 1.807) is 0 Å². The summed E-state index contributed by atoms with van der Waals surface area (Å²) in [4.78, 5) is 11.6. The van der Waals surface area contributed by atoms with Crippen molar-refractivity contribution in [1.82, 2.24) is 0 Å². The largest absolute Gasteiger partial charge is 0.419 e. The van der Waals surface area contributed by atoms with Crippen LogP contribution in [0.2, 0.25) is 0 Å². The number of ketones is 1. The highest BCUT2D eigenvalue weighted by atomic mass is 19.4. The summed E-state index contributed by atoms with van der Waals surface area (Å²) in [5, 5.41) is 0. The first-order valence-corrected chi connectivity index (χ1v) is 5.76. The maximum Gasteiger partial charge on any atom is 0.419 e. The Balaban J connectivity index is 2.93. The van der Waals surface area contributed by atoms with Crippen LogP contribution in [0.1, 0.15) is 48.5 Å². The normalized spacial score (nSPS) is 11.6. The fraction of sp³-hybridized carbons (Fsp3) is 0.462. The van der Waals surface area contributed by atoms with E-state index in [0.717, 1.165) is 25.0 Å². The molecule has 18 heavy (non-hydrogen) atoms. The van der Waals surface area contributed by atoms with E-state index in [1.165, 1.54) is 0 Å². The second-order valence-corrected chi connectivity index (χ2v) is 4.05. The van der Waals surface area contributed by atoms with Gasteiger partial charge < -0.3 is 0 Å². The molecule has 0 spiro atoms. The van der Waals surface area contributed by atoms with Crippen LogP contribution in [0, 0.1) is 5.82 Å². The molecule has 0 aromatic heterocycles. The van der Waals surface area contributed by atoms with Crippen LogP contribution in [0.15, 0.2) is 18.2 Å². The van der Waals surface area contributed by atoms with Crippen LogP contribution < -0.4 is 0 Å². The van der Waals surface area contributed by atoms with Gasteiger partial charge in [-0.1, -0.05) is 25.8 Å². The zero-order chi connectivity index (χ0) is 13.8. The van der Waals surface area contributed by atoms with E-state index in [0.29, 0.717) is 12.5 Å². The molecule has 0 aliphatic carbocycles. The summed E-state index contributed by atoms with van der Waals surface area (Å²) < 4.78 is 50.9. The minimum Gasteiger partial charge on any atom is -0.294 e. The topological polar surface area (TPSA) is 17.1 Å². The first-order chi connectivity index (χ1) is 8.38. The second kappa shape index (κ2) is 5.98. The zero-order valence-corrected chi connectivity index (χ0v) is 9.98. The highest BCUT2D eigenvalue weighted by Crippen LogP contribution is 2.32. The quantitative estimate of drug-likeness (QED) is 0.430. The minimum atomic E-state index is -4.77. The summed E-state index contributed by atoms with van der Waals surface area (Å²) in [5.41, 5.74) is -1.86. The number of unbranched alkanes of at least 4 members (excludes halogenated alkanes) is 2. The van der Waals surface area contributed by atoms with Gasteiger partial charge in [0.25, 0.3) is 0 Å². The van der Waals surface area contributed by atoms with E-state index in [9.17, 15) is 22.4 Å². The van der Waals surface area contributed by atoms with Crippen LogP contribution in [-0.2, 0) is 6.18 Å². The summed E-state index contributed by atoms with van der Waals surface area (Å²) in [7, 11) is 0. The summed E-state index contributed by atoms with van der Waals surface area (Å²) in [6.45, 7) is 1.94. The predicted octanol–water partition coefficient (Wildman–Crippen LogP) is 4.61. The van der Waals surface area contributed by atoms with Crippen molar-refractivity contribution in [3.8, 4) is 0 Å². The molecule has 0 aliphatic rings. The fourth-order valence-electron chi connectivity index (χ4n) is 1.64. The Kier molecular flexibility index (Phi) is 4.87. The standard InChI is InChI=1S/C13H14F4O/c1-2-3-4-8-11(18)9-6-5-7-10(12(9)14)13(15,16)17/h5-7H,2-4,8H2,1H3. The van der Waals surface area contributed by atoms with Gasteiger partial charge in [0.1, 0.15) is 5.82 Å². The summed E-state index contributed by atoms with van der Waals surface area (Å²) in [5.74, 6) is -2.04. The number of alkyl halides is 3. The number of hydrogen-bond acceptors (Lipinski definition) is 1. The Morgan fingerprint density at radius 3 is 2.44 bits per heavy atom. The van der Waals surface area contributed by atoms with Crippen molar-refractivity contribution < 1.29 is 22.4 Å². The molecule has 0 atom stereocenters. The van der Waals surface area contributed by atoms with E-state index in [4.69, 9.17) is 0 Å². The van der Waals surface area contributed by atoms with Gasteiger partial charge in [-0.05, 0) is 18.6 Å². The maximum absolute atomic E-state index is 13.6. The number of benzene rings is 1. The van der Waals surface area contributed by atoms with Gasteiger partial charge in [0.15, 0.2) is 5.78 Å². The number of Topliss-reactive ketones (excluding diaryl/α,β-unsaturated/α-hetero) is 1. The molecule has 1 rings (SSSR count). The predicted molar refractivity (Wildman–Crippen MR) is 59.9 cm³/mol. The van der Waals surface area contributed by atoms with Crippen LogP contribution in [0.3, 0.4) is 0 Å². The molecule has 1 nitrogen and oxygen atoms in total. The van der Waals surface area contributed by atoms with E-state index in [1.807, 2.05) is 6.92 Å². The lowest BCUT2D eigenvalue weighted by Gasteiger charge is -2.10. The Bertz CT molecular complexity index is 423. The Labute approximate surface area is 103 Å². The van der Waals surface area contributed by atoms with Crippen molar-refractivity contribution in [2.45, 2.75) is 38.8 Å². The second-order valence-electron chi connectivity index (χ2n) is 4.05. The summed E-state index contributed by atoms with van der Waals surface area (Å²) >= 11 is 0. The molecule has 5 heteroatoms. The number of halogens is 4. The van der Waals surface area contributed by atoms with Crippen molar-refractivity contribution in [2.75, 3.05) is 0 Å². The first kappa shape index (κ1) is 14.7. The molecule has 0 amide bonds.